The number of nitrogen functional groups attached to an aromatic ring is 1. The molecule has 1 unspecified atom stereocenters. The first-order valence-corrected chi connectivity index (χ1v) is 10.6. The average molecular weight is 396 g/mol. The summed E-state index contributed by atoms with van der Waals surface area (Å²) in [4.78, 5) is 12.1. The van der Waals surface area contributed by atoms with Crippen LogP contribution >= 0.6 is 11.3 Å². The molecule has 1 atom stereocenters. The fraction of sp³-hybridized carbons (Fsp3) is 0.500. The Morgan fingerprint density at radius 3 is 2.89 bits per heavy atom. The van der Waals surface area contributed by atoms with Crippen LogP contribution in [0, 0.1) is 11.3 Å². The minimum Gasteiger partial charge on any atom is -0.396 e. The number of aryl methyl sites for hydroxylation is 2. The Labute approximate surface area is 167 Å². The highest BCUT2D eigenvalue weighted by atomic mass is 32.1. The highest BCUT2D eigenvalue weighted by Gasteiger charge is 2.33. The molecule has 0 saturated heterocycles. The molecule has 0 aromatic carbocycles. The molecule has 0 bridgehead atoms. The minimum absolute atomic E-state index is 0.371. The van der Waals surface area contributed by atoms with Crippen molar-refractivity contribution in [3.63, 3.8) is 0 Å². The Hall–Kier alpha value is -2.48. The molecule has 1 aliphatic rings. The van der Waals surface area contributed by atoms with Crippen LogP contribution < -0.4 is 5.73 Å². The Balaban J connectivity index is 1.66. The smallest absolute Gasteiger partial charge is 0.202 e. The van der Waals surface area contributed by atoms with E-state index in [-0.39, 0.29) is 0 Å². The van der Waals surface area contributed by atoms with Gasteiger partial charge in [-0.15, -0.1) is 16.4 Å². The molecule has 8 heteroatoms. The van der Waals surface area contributed by atoms with Gasteiger partial charge in [0.2, 0.25) is 5.82 Å². The molecule has 146 valence electrons. The maximum Gasteiger partial charge on any atom is 0.202 e. The quantitative estimate of drug-likeness (QED) is 0.569. The van der Waals surface area contributed by atoms with Gasteiger partial charge in [-0.3, -0.25) is 4.68 Å². The van der Waals surface area contributed by atoms with E-state index in [9.17, 15) is 0 Å². The number of nitrogens with zero attached hydrogens (tertiary/aromatic N) is 6. The second-order valence-corrected chi connectivity index (χ2v) is 9.57. The summed E-state index contributed by atoms with van der Waals surface area (Å²) in [5, 5.41) is 10.0. The summed E-state index contributed by atoms with van der Waals surface area (Å²) in [5.74, 6) is 1.31. The van der Waals surface area contributed by atoms with Crippen LogP contribution in [0.4, 0.5) is 5.69 Å². The van der Waals surface area contributed by atoms with E-state index in [1.807, 2.05) is 18.4 Å². The molecule has 5 rings (SSSR count). The van der Waals surface area contributed by atoms with Crippen LogP contribution in [0.15, 0.2) is 12.5 Å². The molecule has 7 nitrogen and oxygen atoms in total. The van der Waals surface area contributed by atoms with Crippen LogP contribution in [0.2, 0.25) is 0 Å². The predicted octanol–water partition coefficient (Wildman–Crippen LogP) is 3.86. The summed E-state index contributed by atoms with van der Waals surface area (Å²) in [6.45, 7) is 7.10. The summed E-state index contributed by atoms with van der Waals surface area (Å²) in [5.41, 5.74) is 10.1. The van der Waals surface area contributed by atoms with Crippen molar-refractivity contribution in [1.29, 1.82) is 0 Å². The Morgan fingerprint density at radius 2 is 2.18 bits per heavy atom. The van der Waals surface area contributed by atoms with E-state index in [2.05, 4.69) is 36.0 Å². The van der Waals surface area contributed by atoms with Crippen LogP contribution in [-0.2, 0) is 19.9 Å². The Morgan fingerprint density at radius 1 is 1.36 bits per heavy atom. The van der Waals surface area contributed by atoms with E-state index in [4.69, 9.17) is 10.7 Å². The standard InChI is InChI=1S/C20H25N7S/c1-5-20(2,3)11-6-7-12-14(8-11)28-19-15(12)18-24-17(25-27(18)10-22-19)16-13(21)9-23-26(16)4/h9-11H,5-8,21H2,1-4H3. The van der Waals surface area contributed by atoms with Crippen LogP contribution in [0.3, 0.4) is 0 Å². The van der Waals surface area contributed by atoms with Crippen LogP contribution in [-0.4, -0.2) is 29.4 Å². The third-order valence-electron chi connectivity index (χ3n) is 6.58. The van der Waals surface area contributed by atoms with Gasteiger partial charge in [-0.1, -0.05) is 27.2 Å². The van der Waals surface area contributed by atoms with Crippen LogP contribution in [0.1, 0.15) is 44.1 Å². The normalized spacial score (nSPS) is 17.5. The van der Waals surface area contributed by atoms with Gasteiger partial charge in [0.25, 0.3) is 0 Å². The van der Waals surface area contributed by atoms with E-state index in [1.54, 1.807) is 21.7 Å². The zero-order chi connectivity index (χ0) is 19.6. The van der Waals surface area contributed by atoms with Gasteiger partial charge in [0.15, 0.2) is 5.65 Å². The largest absolute Gasteiger partial charge is 0.396 e. The molecule has 0 fully saturated rings. The third-order valence-corrected chi connectivity index (χ3v) is 7.74. The molecule has 0 radical (unpaired) electrons. The molecule has 0 amide bonds. The molecule has 0 saturated carbocycles. The maximum atomic E-state index is 6.08. The molecule has 4 aromatic heterocycles. The molecule has 1 aliphatic carbocycles. The van der Waals surface area contributed by atoms with Gasteiger partial charge in [0, 0.05) is 11.9 Å². The molecule has 0 aliphatic heterocycles. The fourth-order valence-corrected chi connectivity index (χ4v) is 5.62. The SMILES string of the molecule is CCC(C)(C)C1CCc2c(sc3ncn4nc(-c5c(N)cnn5C)nc4c23)C1. The molecule has 4 heterocycles. The second-order valence-electron chi connectivity index (χ2n) is 8.49. The summed E-state index contributed by atoms with van der Waals surface area (Å²) in [6.07, 6.45) is 8.05. The fourth-order valence-electron chi connectivity index (χ4n) is 4.36. The number of hydrogen-bond donors (Lipinski definition) is 1. The zero-order valence-corrected chi connectivity index (χ0v) is 17.5. The second kappa shape index (κ2) is 6.01. The topological polar surface area (TPSA) is 86.9 Å². The van der Waals surface area contributed by atoms with Crippen molar-refractivity contribution in [3.8, 4) is 11.5 Å². The number of anilines is 1. The number of aromatic nitrogens is 6. The molecular weight excluding hydrogens is 370 g/mol. The number of fused-ring (bicyclic) bond motifs is 5. The first-order chi connectivity index (χ1) is 13.4. The van der Waals surface area contributed by atoms with E-state index < -0.39 is 0 Å². The van der Waals surface area contributed by atoms with Crippen molar-refractivity contribution < 1.29 is 0 Å². The van der Waals surface area contributed by atoms with Gasteiger partial charge >= 0.3 is 0 Å². The molecule has 2 N–H and O–H groups in total. The molecule has 28 heavy (non-hydrogen) atoms. The summed E-state index contributed by atoms with van der Waals surface area (Å²) in [6, 6.07) is 0. The van der Waals surface area contributed by atoms with E-state index in [0.717, 1.165) is 40.3 Å². The molecular formula is C20H25N7S. The van der Waals surface area contributed by atoms with Gasteiger partial charge in [-0.25, -0.2) is 14.5 Å². The Bertz CT molecular complexity index is 1180. The lowest BCUT2D eigenvalue weighted by Gasteiger charge is -2.36. The summed E-state index contributed by atoms with van der Waals surface area (Å²) >= 11 is 1.82. The van der Waals surface area contributed by atoms with Gasteiger partial charge < -0.3 is 5.73 Å². The first kappa shape index (κ1) is 17.6. The van der Waals surface area contributed by atoms with E-state index in [0.29, 0.717) is 16.9 Å². The van der Waals surface area contributed by atoms with Crippen LogP contribution in [0.25, 0.3) is 27.4 Å². The predicted molar refractivity (Wildman–Crippen MR) is 112 cm³/mol. The number of hydrogen-bond acceptors (Lipinski definition) is 6. The lowest BCUT2D eigenvalue weighted by molar-refractivity contribution is 0.184. The van der Waals surface area contributed by atoms with Crippen molar-refractivity contribution in [2.75, 3.05) is 5.73 Å². The van der Waals surface area contributed by atoms with Crippen molar-refractivity contribution in [1.82, 2.24) is 29.4 Å². The third kappa shape index (κ3) is 2.47. The monoisotopic (exact) mass is 395 g/mol. The highest BCUT2D eigenvalue weighted by molar-refractivity contribution is 7.19. The lowest BCUT2D eigenvalue weighted by atomic mass is 9.70. The van der Waals surface area contributed by atoms with Crippen molar-refractivity contribution in [3.05, 3.63) is 23.0 Å². The van der Waals surface area contributed by atoms with Gasteiger partial charge in [0.1, 0.15) is 16.9 Å². The van der Waals surface area contributed by atoms with E-state index >= 15 is 0 Å². The van der Waals surface area contributed by atoms with Gasteiger partial charge in [-0.05, 0) is 36.2 Å². The highest BCUT2D eigenvalue weighted by Crippen LogP contribution is 2.45. The lowest BCUT2D eigenvalue weighted by Crippen LogP contribution is -2.28. The summed E-state index contributed by atoms with van der Waals surface area (Å²) in [7, 11) is 1.85. The van der Waals surface area contributed by atoms with Gasteiger partial charge in [0.05, 0.1) is 17.3 Å². The number of nitrogens with two attached hydrogens (primary N) is 1. The Kier molecular flexibility index (Phi) is 3.78. The average Bonchev–Trinajstić information content (AvgIpc) is 3.34. The number of rotatable bonds is 3. The summed E-state index contributed by atoms with van der Waals surface area (Å²) < 4.78 is 3.49. The molecule has 0 spiro atoms. The van der Waals surface area contributed by atoms with Crippen molar-refractivity contribution in [2.24, 2.45) is 18.4 Å². The maximum absolute atomic E-state index is 6.08. The van der Waals surface area contributed by atoms with Gasteiger partial charge in [-0.2, -0.15) is 5.10 Å². The van der Waals surface area contributed by atoms with Crippen molar-refractivity contribution in [2.45, 2.75) is 46.5 Å². The minimum atomic E-state index is 0.371. The first-order valence-electron chi connectivity index (χ1n) is 9.82. The number of thiophene rings is 1. The van der Waals surface area contributed by atoms with Crippen LogP contribution in [0.5, 0.6) is 0 Å². The zero-order valence-electron chi connectivity index (χ0n) is 16.7. The van der Waals surface area contributed by atoms with E-state index in [1.165, 1.54) is 23.3 Å². The molecule has 4 aromatic rings. The van der Waals surface area contributed by atoms with Crippen molar-refractivity contribution >= 4 is 32.9 Å².